The van der Waals surface area contributed by atoms with Crippen LogP contribution in [0.2, 0.25) is 0 Å². The number of para-hydroxylation sites is 1. The molecular formula is C17H24N2S. The summed E-state index contributed by atoms with van der Waals surface area (Å²) in [6.45, 7) is 7.05. The molecule has 3 heteroatoms. The van der Waals surface area contributed by atoms with E-state index in [-0.39, 0.29) is 0 Å². The fourth-order valence-electron chi connectivity index (χ4n) is 3.25. The molecule has 108 valence electrons. The van der Waals surface area contributed by atoms with Gasteiger partial charge in [0.05, 0.1) is 16.3 Å². The summed E-state index contributed by atoms with van der Waals surface area (Å²) in [6, 6.07) is 9.37. The van der Waals surface area contributed by atoms with Crippen LogP contribution in [-0.2, 0) is 0 Å². The molecule has 1 aromatic heterocycles. The number of aromatic nitrogens is 1. The van der Waals surface area contributed by atoms with Gasteiger partial charge in [-0.05, 0) is 37.3 Å². The zero-order valence-electron chi connectivity index (χ0n) is 12.6. The second-order valence-corrected chi connectivity index (χ2v) is 7.76. The average molecular weight is 288 g/mol. The van der Waals surface area contributed by atoms with E-state index in [9.17, 15) is 0 Å². The van der Waals surface area contributed by atoms with Crippen LogP contribution in [0.4, 0.5) is 0 Å². The van der Waals surface area contributed by atoms with Crippen LogP contribution in [0.5, 0.6) is 0 Å². The topological polar surface area (TPSA) is 24.9 Å². The van der Waals surface area contributed by atoms with Gasteiger partial charge >= 0.3 is 0 Å². The van der Waals surface area contributed by atoms with Gasteiger partial charge in [-0.15, -0.1) is 11.3 Å². The van der Waals surface area contributed by atoms with Crippen molar-refractivity contribution in [3.8, 4) is 0 Å². The highest BCUT2D eigenvalue weighted by Gasteiger charge is 2.33. The van der Waals surface area contributed by atoms with Crippen LogP contribution in [0.15, 0.2) is 24.3 Å². The van der Waals surface area contributed by atoms with Gasteiger partial charge in [-0.25, -0.2) is 4.98 Å². The highest BCUT2D eigenvalue weighted by Crippen LogP contribution is 2.37. The number of hydrogen-bond acceptors (Lipinski definition) is 3. The Kier molecular flexibility index (Phi) is 3.83. The van der Waals surface area contributed by atoms with Crippen LogP contribution in [0.1, 0.15) is 57.5 Å². The molecule has 0 spiro atoms. The minimum atomic E-state index is 0.342. The van der Waals surface area contributed by atoms with Gasteiger partial charge in [0.1, 0.15) is 5.01 Å². The SMILES string of the molecule is CC(NC1CCCCC1(C)C)c1nc2ccccc2s1. The maximum Gasteiger partial charge on any atom is 0.111 e. The Morgan fingerprint density at radius 3 is 2.85 bits per heavy atom. The van der Waals surface area contributed by atoms with Crippen LogP contribution in [0.25, 0.3) is 10.2 Å². The first-order valence-electron chi connectivity index (χ1n) is 7.68. The lowest BCUT2D eigenvalue weighted by Crippen LogP contribution is -2.45. The van der Waals surface area contributed by atoms with E-state index in [1.807, 2.05) is 11.3 Å². The smallest absolute Gasteiger partial charge is 0.111 e. The average Bonchev–Trinajstić information content (AvgIpc) is 2.85. The summed E-state index contributed by atoms with van der Waals surface area (Å²) >= 11 is 1.82. The molecule has 2 atom stereocenters. The number of rotatable bonds is 3. The normalized spacial score (nSPS) is 23.9. The van der Waals surface area contributed by atoms with Gasteiger partial charge in [0, 0.05) is 6.04 Å². The number of nitrogens with one attached hydrogen (secondary N) is 1. The van der Waals surface area contributed by atoms with E-state index in [4.69, 9.17) is 4.98 Å². The standard InChI is InChI=1S/C17H24N2S/c1-12(18-15-10-6-7-11-17(15,2)3)16-19-13-8-4-5-9-14(13)20-16/h4-5,8-9,12,15,18H,6-7,10-11H2,1-3H3. The van der Waals surface area contributed by atoms with Gasteiger partial charge < -0.3 is 5.32 Å². The molecule has 1 N–H and O–H groups in total. The molecule has 0 saturated heterocycles. The minimum absolute atomic E-state index is 0.342. The molecule has 2 aromatic rings. The summed E-state index contributed by atoms with van der Waals surface area (Å²) in [5, 5.41) is 5.05. The molecule has 1 aliphatic carbocycles. The van der Waals surface area contributed by atoms with Gasteiger partial charge in [-0.1, -0.05) is 38.8 Å². The molecule has 0 radical (unpaired) electrons. The monoisotopic (exact) mass is 288 g/mol. The lowest BCUT2D eigenvalue weighted by atomic mass is 9.73. The van der Waals surface area contributed by atoms with Crippen LogP contribution >= 0.6 is 11.3 Å². The zero-order chi connectivity index (χ0) is 14.2. The van der Waals surface area contributed by atoms with Crippen molar-refractivity contribution in [3.63, 3.8) is 0 Å². The maximum absolute atomic E-state index is 4.78. The predicted molar refractivity (Wildman–Crippen MR) is 87.2 cm³/mol. The van der Waals surface area contributed by atoms with Crippen molar-refractivity contribution < 1.29 is 0 Å². The van der Waals surface area contributed by atoms with E-state index in [0.717, 1.165) is 5.52 Å². The summed E-state index contributed by atoms with van der Waals surface area (Å²) < 4.78 is 1.29. The van der Waals surface area contributed by atoms with Gasteiger partial charge in [-0.2, -0.15) is 0 Å². The third-order valence-electron chi connectivity index (χ3n) is 4.64. The third kappa shape index (κ3) is 2.75. The quantitative estimate of drug-likeness (QED) is 0.867. The van der Waals surface area contributed by atoms with Crippen molar-refractivity contribution in [2.45, 2.75) is 58.5 Å². The predicted octanol–water partition coefficient (Wildman–Crippen LogP) is 4.92. The number of fused-ring (bicyclic) bond motifs is 1. The fourth-order valence-corrected chi connectivity index (χ4v) is 4.23. The summed E-state index contributed by atoms with van der Waals surface area (Å²) in [4.78, 5) is 4.78. The largest absolute Gasteiger partial charge is 0.305 e. The molecule has 1 fully saturated rings. The molecular weight excluding hydrogens is 264 g/mol. The van der Waals surface area contributed by atoms with Crippen molar-refractivity contribution >= 4 is 21.6 Å². The lowest BCUT2D eigenvalue weighted by molar-refractivity contribution is 0.157. The van der Waals surface area contributed by atoms with E-state index >= 15 is 0 Å². The number of benzene rings is 1. The van der Waals surface area contributed by atoms with Crippen LogP contribution < -0.4 is 5.32 Å². The van der Waals surface area contributed by atoms with Gasteiger partial charge in [0.2, 0.25) is 0 Å². The van der Waals surface area contributed by atoms with Crippen molar-refractivity contribution in [3.05, 3.63) is 29.3 Å². The molecule has 3 rings (SSSR count). The summed E-state index contributed by atoms with van der Waals surface area (Å²) in [6.07, 6.45) is 5.35. The molecule has 1 heterocycles. The maximum atomic E-state index is 4.78. The summed E-state index contributed by atoms with van der Waals surface area (Å²) in [5.41, 5.74) is 1.53. The summed E-state index contributed by atoms with van der Waals surface area (Å²) in [7, 11) is 0. The Morgan fingerprint density at radius 1 is 1.30 bits per heavy atom. The Balaban J connectivity index is 1.76. The van der Waals surface area contributed by atoms with Gasteiger partial charge in [-0.3, -0.25) is 0 Å². The first kappa shape index (κ1) is 14.0. The van der Waals surface area contributed by atoms with Crippen molar-refractivity contribution in [1.82, 2.24) is 10.3 Å². The van der Waals surface area contributed by atoms with Crippen molar-refractivity contribution in [2.24, 2.45) is 5.41 Å². The molecule has 0 bridgehead atoms. The highest BCUT2D eigenvalue weighted by molar-refractivity contribution is 7.18. The molecule has 1 saturated carbocycles. The third-order valence-corrected chi connectivity index (χ3v) is 5.86. The Hall–Kier alpha value is -0.930. The molecule has 0 amide bonds. The molecule has 2 nitrogen and oxygen atoms in total. The Labute approximate surface area is 125 Å². The van der Waals surface area contributed by atoms with E-state index in [1.54, 1.807) is 0 Å². The second-order valence-electron chi connectivity index (χ2n) is 6.70. The molecule has 20 heavy (non-hydrogen) atoms. The van der Waals surface area contributed by atoms with Crippen molar-refractivity contribution in [2.75, 3.05) is 0 Å². The molecule has 1 aliphatic rings. The highest BCUT2D eigenvalue weighted by atomic mass is 32.1. The van der Waals surface area contributed by atoms with Crippen molar-refractivity contribution in [1.29, 1.82) is 0 Å². The van der Waals surface area contributed by atoms with Crippen LogP contribution in [0, 0.1) is 5.41 Å². The Morgan fingerprint density at radius 2 is 2.10 bits per heavy atom. The zero-order valence-corrected chi connectivity index (χ0v) is 13.5. The molecule has 1 aromatic carbocycles. The molecule has 0 aliphatic heterocycles. The molecule has 2 unspecified atom stereocenters. The van der Waals surface area contributed by atoms with Gasteiger partial charge in [0.25, 0.3) is 0 Å². The first-order chi connectivity index (χ1) is 9.56. The number of nitrogens with zero attached hydrogens (tertiary/aromatic N) is 1. The fraction of sp³-hybridized carbons (Fsp3) is 0.588. The lowest BCUT2D eigenvalue weighted by Gasteiger charge is -2.40. The van der Waals surface area contributed by atoms with Gasteiger partial charge in [0.15, 0.2) is 0 Å². The second kappa shape index (κ2) is 5.45. The minimum Gasteiger partial charge on any atom is -0.305 e. The van der Waals surface area contributed by atoms with E-state index in [1.165, 1.54) is 35.4 Å². The van der Waals surface area contributed by atoms with E-state index < -0.39 is 0 Å². The number of hydrogen-bond donors (Lipinski definition) is 1. The first-order valence-corrected chi connectivity index (χ1v) is 8.49. The van der Waals surface area contributed by atoms with E-state index in [2.05, 4.69) is 50.4 Å². The number of thiazole rings is 1. The Bertz CT molecular complexity index is 554. The van der Waals surface area contributed by atoms with E-state index in [0.29, 0.717) is 17.5 Å². The van der Waals surface area contributed by atoms with Crippen LogP contribution in [0.3, 0.4) is 0 Å². The van der Waals surface area contributed by atoms with Crippen LogP contribution in [-0.4, -0.2) is 11.0 Å². The summed E-state index contributed by atoms with van der Waals surface area (Å²) in [5.74, 6) is 0.